The standard InChI is InChI=1S/C16H18O4/c1-11(2)9-16(15(19)20,12(3)14(17)18)10-13-7-5-4-6-8-13/h4-8H,1,3,9-10H2,2H3,(H,17,18)(H,19,20)/p-2. The molecule has 4 nitrogen and oxygen atoms in total. The first-order valence-corrected chi connectivity index (χ1v) is 6.10. The molecule has 0 aliphatic rings. The van der Waals surface area contributed by atoms with Gasteiger partial charge in [0.25, 0.3) is 0 Å². The number of carboxylic acid groups (broad SMARTS) is 2. The maximum atomic E-state index is 11.6. The fraction of sp³-hybridized carbons (Fsp3) is 0.250. The van der Waals surface area contributed by atoms with E-state index in [-0.39, 0.29) is 12.8 Å². The Morgan fingerprint density at radius 3 is 2.10 bits per heavy atom. The van der Waals surface area contributed by atoms with Crippen LogP contribution in [0.15, 0.2) is 54.6 Å². The van der Waals surface area contributed by atoms with Gasteiger partial charge in [-0.1, -0.05) is 42.5 Å². The summed E-state index contributed by atoms with van der Waals surface area (Å²) in [7, 11) is 0. The zero-order valence-corrected chi connectivity index (χ0v) is 11.3. The quantitative estimate of drug-likeness (QED) is 0.526. The van der Waals surface area contributed by atoms with Gasteiger partial charge < -0.3 is 19.8 Å². The molecule has 4 heteroatoms. The Balaban J connectivity index is 3.30. The highest BCUT2D eigenvalue weighted by Gasteiger charge is 2.35. The lowest BCUT2D eigenvalue weighted by Crippen LogP contribution is -2.49. The van der Waals surface area contributed by atoms with Crippen molar-refractivity contribution in [1.29, 1.82) is 0 Å². The summed E-state index contributed by atoms with van der Waals surface area (Å²) < 4.78 is 0. The van der Waals surface area contributed by atoms with Gasteiger partial charge in [0.15, 0.2) is 0 Å². The Hall–Kier alpha value is -2.36. The molecule has 0 radical (unpaired) electrons. The molecular formula is C16H16O4-2. The van der Waals surface area contributed by atoms with Crippen LogP contribution in [-0.4, -0.2) is 11.9 Å². The van der Waals surface area contributed by atoms with E-state index >= 15 is 0 Å². The van der Waals surface area contributed by atoms with E-state index in [1.807, 2.05) is 0 Å². The second-order valence-corrected chi connectivity index (χ2v) is 4.93. The molecule has 1 unspecified atom stereocenters. The van der Waals surface area contributed by atoms with E-state index < -0.39 is 22.9 Å². The van der Waals surface area contributed by atoms with Crippen LogP contribution in [0.5, 0.6) is 0 Å². The number of benzene rings is 1. The molecule has 0 heterocycles. The number of carbonyl (C=O) groups excluding carboxylic acids is 2. The van der Waals surface area contributed by atoms with Crippen LogP contribution >= 0.6 is 0 Å². The molecule has 1 aromatic carbocycles. The monoisotopic (exact) mass is 272 g/mol. The third kappa shape index (κ3) is 3.35. The minimum atomic E-state index is -1.74. The second-order valence-electron chi connectivity index (χ2n) is 4.93. The number of carbonyl (C=O) groups is 2. The summed E-state index contributed by atoms with van der Waals surface area (Å²) in [5.41, 5.74) is -1.02. The van der Waals surface area contributed by atoms with Gasteiger partial charge in [-0.2, -0.15) is 0 Å². The molecule has 0 saturated carbocycles. The van der Waals surface area contributed by atoms with E-state index in [1.54, 1.807) is 37.3 Å². The number of hydrogen-bond acceptors (Lipinski definition) is 4. The summed E-state index contributed by atoms with van der Waals surface area (Å²) in [6.07, 6.45) is -0.0904. The average molecular weight is 272 g/mol. The van der Waals surface area contributed by atoms with E-state index in [9.17, 15) is 19.8 Å². The van der Waals surface area contributed by atoms with Gasteiger partial charge in [0.05, 0.1) is 11.9 Å². The van der Waals surface area contributed by atoms with Gasteiger partial charge in [0.1, 0.15) is 0 Å². The highest BCUT2D eigenvalue weighted by molar-refractivity contribution is 5.94. The van der Waals surface area contributed by atoms with Gasteiger partial charge in [-0.25, -0.2) is 0 Å². The highest BCUT2D eigenvalue weighted by atomic mass is 16.4. The molecule has 0 fully saturated rings. The summed E-state index contributed by atoms with van der Waals surface area (Å²) >= 11 is 0. The smallest absolute Gasteiger partial charge is 0.0678 e. The SMILES string of the molecule is C=C(C)CC(Cc1ccccc1)(C(=C)C(=O)[O-])C(=O)[O-]. The molecule has 0 N–H and O–H groups in total. The van der Waals surface area contributed by atoms with Crippen molar-refractivity contribution in [3.63, 3.8) is 0 Å². The van der Waals surface area contributed by atoms with Crippen LogP contribution in [0.25, 0.3) is 0 Å². The van der Waals surface area contributed by atoms with Crippen LogP contribution in [0.2, 0.25) is 0 Å². The molecule has 0 amide bonds. The van der Waals surface area contributed by atoms with Gasteiger partial charge in [-0.15, -0.1) is 6.58 Å². The van der Waals surface area contributed by atoms with Crippen molar-refractivity contribution >= 4 is 11.9 Å². The van der Waals surface area contributed by atoms with Crippen molar-refractivity contribution < 1.29 is 19.8 Å². The normalized spacial score (nSPS) is 13.2. The van der Waals surface area contributed by atoms with Crippen molar-refractivity contribution in [3.05, 3.63) is 60.2 Å². The second kappa shape index (κ2) is 6.19. The molecule has 0 aliphatic carbocycles. The largest absolute Gasteiger partial charge is 0.549 e. The van der Waals surface area contributed by atoms with Crippen LogP contribution in [0.1, 0.15) is 18.9 Å². The van der Waals surface area contributed by atoms with Crippen LogP contribution < -0.4 is 10.2 Å². The molecule has 0 aromatic heterocycles. The summed E-state index contributed by atoms with van der Waals surface area (Å²) in [6.45, 7) is 8.66. The van der Waals surface area contributed by atoms with Crippen molar-refractivity contribution in [2.24, 2.45) is 5.41 Å². The van der Waals surface area contributed by atoms with Crippen molar-refractivity contribution in [2.75, 3.05) is 0 Å². The predicted octanol–water partition coefficient (Wildman–Crippen LogP) is 0.238. The van der Waals surface area contributed by atoms with Gasteiger partial charge in [-0.3, -0.25) is 0 Å². The lowest BCUT2D eigenvalue weighted by atomic mass is 9.71. The van der Waals surface area contributed by atoms with E-state index in [0.29, 0.717) is 11.1 Å². The maximum absolute atomic E-state index is 11.6. The molecule has 106 valence electrons. The van der Waals surface area contributed by atoms with Crippen molar-refractivity contribution in [3.8, 4) is 0 Å². The number of rotatable bonds is 7. The van der Waals surface area contributed by atoms with E-state index in [4.69, 9.17) is 0 Å². The van der Waals surface area contributed by atoms with E-state index in [2.05, 4.69) is 13.2 Å². The number of allylic oxidation sites excluding steroid dienone is 1. The fourth-order valence-corrected chi connectivity index (χ4v) is 2.20. The lowest BCUT2D eigenvalue weighted by molar-refractivity contribution is -0.321. The first-order chi connectivity index (χ1) is 9.29. The molecule has 1 atom stereocenters. The topological polar surface area (TPSA) is 80.3 Å². The summed E-state index contributed by atoms with van der Waals surface area (Å²) in [5, 5.41) is 22.7. The Morgan fingerprint density at radius 1 is 1.15 bits per heavy atom. The molecule has 0 saturated heterocycles. The Labute approximate surface area is 118 Å². The Morgan fingerprint density at radius 2 is 1.70 bits per heavy atom. The minimum absolute atomic E-state index is 0.0319. The van der Waals surface area contributed by atoms with Gasteiger partial charge in [-0.05, 0) is 30.9 Å². The number of hydrogen-bond donors (Lipinski definition) is 0. The van der Waals surface area contributed by atoms with Gasteiger partial charge in [0.2, 0.25) is 0 Å². The summed E-state index contributed by atoms with van der Waals surface area (Å²) in [4.78, 5) is 22.7. The van der Waals surface area contributed by atoms with Gasteiger partial charge in [0, 0.05) is 5.41 Å². The molecule has 20 heavy (non-hydrogen) atoms. The fourth-order valence-electron chi connectivity index (χ4n) is 2.20. The van der Waals surface area contributed by atoms with Crippen LogP contribution in [-0.2, 0) is 16.0 Å². The first-order valence-electron chi connectivity index (χ1n) is 6.10. The van der Waals surface area contributed by atoms with Crippen molar-refractivity contribution in [2.45, 2.75) is 19.8 Å². The van der Waals surface area contributed by atoms with Crippen LogP contribution in [0, 0.1) is 5.41 Å². The molecule has 0 spiro atoms. The zero-order valence-electron chi connectivity index (χ0n) is 11.3. The molecule has 1 aromatic rings. The first kappa shape index (κ1) is 15.7. The molecule has 0 bridgehead atoms. The number of aliphatic carboxylic acids is 2. The third-order valence-electron chi connectivity index (χ3n) is 3.17. The van der Waals surface area contributed by atoms with E-state index in [1.165, 1.54) is 0 Å². The van der Waals surface area contributed by atoms with Crippen LogP contribution in [0.3, 0.4) is 0 Å². The predicted molar refractivity (Wildman–Crippen MR) is 71.2 cm³/mol. The molecular weight excluding hydrogens is 256 g/mol. The van der Waals surface area contributed by atoms with Crippen molar-refractivity contribution in [1.82, 2.24) is 0 Å². The zero-order chi connectivity index (χ0) is 15.3. The van der Waals surface area contributed by atoms with E-state index in [0.717, 1.165) is 0 Å². The minimum Gasteiger partial charge on any atom is -0.549 e. The lowest BCUT2D eigenvalue weighted by Gasteiger charge is -2.37. The third-order valence-corrected chi connectivity index (χ3v) is 3.17. The summed E-state index contributed by atoms with van der Waals surface area (Å²) in [5.74, 6) is -3.08. The van der Waals surface area contributed by atoms with Gasteiger partial charge >= 0.3 is 0 Å². The highest BCUT2D eigenvalue weighted by Crippen LogP contribution is 2.36. The number of carboxylic acids is 2. The molecule has 1 rings (SSSR count). The Bertz CT molecular complexity index is 545. The average Bonchev–Trinajstić information content (AvgIpc) is 2.37. The molecule has 0 aliphatic heterocycles. The Kier molecular flexibility index (Phi) is 4.86. The summed E-state index contributed by atoms with van der Waals surface area (Å²) in [6, 6.07) is 8.73. The maximum Gasteiger partial charge on any atom is 0.0678 e. The van der Waals surface area contributed by atoms with Crippen LogP contribution in [0.4, 0.5) is 0 Å².